The molecule has 2 nitrogen and oxygen atoms in total. The molecular weight excluding hydrogens is 230 g/mol. The zero-order valence-corrected chi connectivity index (χ0v) is 10.1. The van der Waals surface area contributed by atoms with Crippen molar-refractivity contribution >= 4 is 17.5 Å². The van der Waals surface area contributed by atoms with Crippen LogP contribution >= 0.6 is 11.8 Å². The molecule has 0 atom stereocenters. The van der Waals surface area contributed by atoms with E-state index in [4.69, 9.17) is 5.21 Å². The Morgan fingerprint density at radius 3 is 2.12 bits per heavy atom. The fraction of sp³-hybridized carbons (Fsp3) is 0.0714. The normalized spacial score (nSPS) is 11.4. The third-order valence-electron chi connectivity index (χ3n) is 2.35. The van der Waals surface area contributed by atoms with Gasteiger partial charge in [-0.1, -0.05) is 53.7 Å². The summed E-state index contributed by atoms with van der Waals surface area (Å²) in [4.78, 5) is 1.17. The van der Waals surface area contributed by atoms with Crippen molar-refractivity contribution in [1.29, 1.82) is 0 Å². The molecule has 0 heterocycles. The second-order valence-corrected chi connectivity index (χ2v) is 4.56. The van der Waals surface area contributed by atoms with Gasteiger partial charge < -0.3 is 5.21 Å². The average molecular weight is 243 g/mol. The highest BCUT2D eigenvalue weighted by Gasteiger charge is 2.04. The van der Waals surface area contributed by atoms with Crippen molar-refractivity contribution in [2.24, 2.45) is 5.16 Å². The first-order chi connectivity index (χ1) is 8.40. The quantitative estimate of drug-likeness (QED) is 0.385. The van der Waals surface area contributed by atoms with E-state index >= 15 is 0 Å². The number of hydrogen-bond acceptors (Lipinski definition) is 3. The van der Waals surface area contributed by atoms with E-state index in [2.05, 4.69) is 5.16 Å². The maximum atomic E-state index is 9.03. The smallest absolute Gasteiger partial charge is 0.0970 e. The molecule has 0 aliphatic rings. The Morgan fingerprint density at radius 1 is 0.941 bits per heavy atom. The first kappa shape index (κ1) is 11.7. The highest BCUT2D eigenvalue weighted by atomic mass is 32.2. The number of thioether (sulfide) groups is 1. The van der Waals surface area contributed by atoms with Crippen LogP contribution in [0, 0.1) is 0 Å². The summed E-state index contributed by atoms with van der Waals surface area (Å²) >= 11 is 1.66. The molecule has 0 bridgehead atoms. The van der Waals surface area contributed by atoms with Crippen molar-refractivity contribution in [3.8, 4) is 0 Å². The predicted octanol–water partition coefficient (Wildman–Crippen LogP) is 3.66. The van der Waals surface area contributed by atoms with Crippen LogP contribution in [0.5, 0.6) is 0 Å². The zero-order chi connectivity index (χ0) is 11.9. The maximum absolute atomic E-state index is 9.03. The molecule has 2 aromatic carbocycles. The molecule has 0 aliphatic carbocycles. The fourth-order valence-electron chi connectivity index (χ4n) is 1.47. The lowest BCUT2D eigenvalue weighted by molar-refractivity contribution is 0.319. The van der Waals surface area contributed by atoms with Gasteiger partial charge in [0.25, 0.3) is 0 Å². The van der Waals surface area contributed by atoms with Gasteiger partial charge in [-0.15, -0.1) is 11.8 Å². The van der Waals surface area contributed by atoms with E-state index in [9.17, 15) is 0 Å². The summed E-state index contributed by atoms with van der Waals surface area (Å²) in [6, 6.07) is 19.8. The van der Waals surface area contributed by atoms with Crippen LogP contribution in [0.25, 0.3) is 0 Å². The molecule has 0 unspecified atom stereocenters. The summed E-state index contributed by atoms with van der Waals surface area (Å²) in [5.74, 6) is 0.657. The van der Waals surface area contributed by atoms with Crippen LogP contribution < -0.4 is 0 Å². The second kappa shape index (κ2) is 6.11. The standard InChI is InChI=1S/C14H13NOS/c16-15-14(12-7-3-1-4-8-12)11-17-13-9-5-2-6-10-13/h1-10,16H,11H2/b15-14+. The topological polar surface area (TPSA) is 32.6 Å². The van der Waals surface area contributed by atoms with E-state index in [0.717, 1.165) is 5.56 Å². The van der Waals surface area contributed by atoms with Gasteiger partial charge in [0, 0.05) is 16.2 Å². The summed E-state index contributed by atoms with van der Waals surface area (Å²) in [5, 5.41) is 12.4. The van der Waals surface area contributed by atoms with Crippen molar-refractivity contribution < 1.29 is 5.21 Å². The van der Waals surface area contributed by atoms with E-state index < -0.39 is 0 Å². The highest BCUT2D eigenvalue weighted by molar-refractivity contribution is 8.00. The molecule has 0 aliphatic heterocycles. The van der Waals surface area contributed by atoms with Crippen LogP contribution in [0.4, 0.5) is 0 Å². The van der Waals surface area contributed by atoms with Crippen molar-refractivity contribution in [3.63, 3.8) is 0 Å². The van der Waals surface area contributed by atoms with Gasteiger partial charge in [0.05, 0.1) is 5.71 Å². The minimum absolute atomic E-state index is 0.657. The van der Waals surface area contributed by atoms with Crippen molar-refractivity contribution in [2.45, 2.75) is 4.90 Å². The molecule has 2 aromatic rings. The van der Waals surface area contributed by atoms with Crippen LogP contribution in [-0.2, 0) is 0 Å². The molecule has 0 saturated heterocycles. The lowest BCUT2D eigenvalue weighted by Gasteiger charge is -2.04. The lowest BCUT2D eigenvalue weighted by atomic mass is 10.1. The molecule has 0 amide bonds. The van der Waals surface area contributed by atoms with E-state index in [-0.39, 0.29) is 0 Å². The Balaban J connectivity index is 2.03. The van der Waals surface area contributed by atoms with Crippen molar-refractivity contribution in [1.82, 2.24) is 0 Å². The SMILES string of the molecule is O/N=C(\CSc1ccccc1)c1ccccc1. The molecule has 0 spiro atoms. The van der Waals surface area contributed by atoms with E-state index in [0.29, 0.717) is 11.5 Å². The van der Waals surface area contributed by atoms with Crippen molar-refractivity contribution in [3.05, 3.63) is 66.2 Å². The van der Waals surface area contributed by atoms with Gasteiger partial charge in [-0.05, 0) is 12.1 Å². The molecule has 3 heteroatoms. The Bertz CT molecular complexity index is 482. The molecule has 2 rings (SSSR count). The molecule has 1 N–H and O–H groups in total. The molecule has 17 heavy (non-hydrogen) atoms. The predicted molar refractivity (Wildman–Crippen MR) is 71.9 cm³/mol. The fourth-order valence-corrected chi connectivity index (χ4v) is 2.35. The zero-order valence-electron chi connectivity index (χ0n) is 9.28. The van der Waals surface area contributed by atoms with E-state index in [1.54, 1.807) is 11.8 Å². The van der Waals surface area contributed by atoms with Gasteiger partial charge in [0.1, 0.15) is 0 Å². The summed E-state index contributed by atoms with van der Waals surface area (Å²) in [6.45, 7) is 0. The van der Waals surface area contributed by atoms with Crippen LogP contribution in [-0.4, -0.2) is 16.7 Å². The summed E-state index contributed by atoms with van der Waals surface area (Å²) in [6.07, 6.45) is 0. The first-order valence-electron chi connectivity index (χ1n) is 5.34. The monoisotopic (exact) mass is 243 g/mol. The van der Waals surface area contributed by atoms with Crippen LogP contribution in [0.2, 0.25) is 0 Å². The molecule has 0 radical (unpaired) electrons. The largest absolute Gasteiger partial charge is 0.411 e. The lowest BCUT2D eigenvalue weighted by Crippen LogP contribution is -2.03. The van der Waals surface area contributed by atoms with Gasteiger partial charge in [0.15, 0.2) is 0 Å². The molecule has 0 aromatic heterocycles. The Kier molecular flexibility index (Phi) is 4.22. The summed E-state index contributed by atoms with van der Waals surface area (Å²) in [7, 11) is 0. The maximum Gasteiger partial charge on any atom is 0.0970 e. The molecule has 0 saturated carbocycles. The second-order valence-electron chi connectivity index (χ2n) is 3.51. The number of nitrogens with zero attached hydrogens (tertiary/aromatic N) is 1. The van der Waals surface area contributed by atoms with Crippen LogP contribution in [0.3, 0.4) is 0 Å². The number of hydrogen-bond donors (Lipinski definition) is 1. The summed E-state index contributed by atoms with van der Waals surface area (Å²) in [5.41, 5.74) is 1.65. The third kappa shape index (κ3) is 3.36. The summed E-state index contributed by atoms with van der Waals surface area (Å²) < 4.78 is 0. The number of rotatable bonds is 4. The number of benzene rings is 2. The van der Waals surface area contributed by atoms with Gasteiger partial charge in [0.2, 0.25) is 0 Å². The third-order valence-corrected chi connectivity index (χ3v) is 3.37. The minimum atomic E-state index is 0.657. The minimum Gasteiger partial charge on any atom is -0.411 e. The van der Waals surface area contributed by atoms with E-state index in [1.165, 1.54) is 4.90 Å². The highest BCUT2D eigenvalue weighted by Crippen LogP contribution is 2.18. The van der Waals surface area contributed by atoms with Crippen molar-refractivity contribution in [2.75, 3.05) is 5.75 Å². The van der Waals surface area contributed by atoms with Gasteiger partial charge in [-0.2, -0.15) is 0 Å². The average Bonchev–Trinajstić information content (AvgIpc) is 2.42. The van der Waals surface area contributed by atoms with E-state index in [1.807, 2.05) is 60.7 Å². The molecule has 0 fully saturated rings. The Hall–Kier alpha value is -1.74. The first-order valence-corrected chi connectivity index (χ1v) is 6.33. The molecule has 86 valence electrons. The Morgan fingerprint density at radius 2 is 1.53 bits per heavy atom. The van der Waals surface area contributed by atoms with Crippen LogP contribution in [0.15, 0.2) is 70.7 Å². The van der Waals surface area contributed by atoms with Gasteiger partial charge >= 0.3 is 0 Å². The van der Waals surface area contributed by atoms with Crippen LogP contribution in [0.1, 0.15) is 5.56 Å². The number of oxime groups is 1. The molecular formula is C14H13NOS. The Labute approximate surface area is 105 Å². The van der Waals surface area contributed by atoms with Gasteiger partial charge in [-0.3, -0.25) is 0 Å². The van der Waals surface area contributed by atoms with Gasteiger partial charge in [-0.25, -0.2) is 0 Å².